The van der Waals surface area contributed by atoms with Crippen molar-refractivity contribution in [1.82, 2.24) is 0 Å². The van der Waals surface area contributed by atoms with Crippen LogP contribution in [0.2, 0.25) is 0 Å². The molecule has 0 saturated carbocycles. The molecular formula is C9H24N2O3+2. The minimum Gasteiger partial charge on any atom is -0.374 e. The summed E-state index contributed by atoms with van der Waals surface area (Å²) in [5.74, 6) is 0. The van der Waals surface area contributed by atoms with Crippen LogP contribution in [-0.2, 0) is 14.2 Å². The van der Waals surface area contributed by atoms with Crippen LogP contribution in [0, 0.1) is 0 Å². The maximum Gasteiger partial charge on any atom is 0.104 e. The van der Waals surface area contributed by atoms with Crippen LogP contribution in [0.1, 0.15) is 6.92 Å². The van der Waals surface area contributed by atoms with Crippen LogP contribution in [0.5, 0.6) is 0 Å². The Morgan fingerprint density at radius 1 is 1.00 bits per heavy atom. The van der Waals surface area contributed by atoms with Crippen LogP contribution < -0.4 is 11.5 Å². The number of quaternary nitrogens is 2. The highest BCUT2D eigenvalue weighted by Gasteiger charge is 2.08. The molecule has 0 aliphatic rings. The van der Waals surface area contributed by atoms with Gasteiger partial charge in [-0.25, -0.2) is 0 Å². The zero-order valence-corrected chi connectivity index (χ0v) is 9.17. The summed E-state index contributed by atoms with van der Waals surface area (Å²) in [6.45, 7) is 6.76. The highest BCUT2D eigenvalue weighted by molar-refractivity contribution is 4.54. The first-order chi connectivity index (χ1) is 6.85. The van der Waals surface area contributed by atoms with E-state index in [0.29, 0.717) is 33.0 Å². The van der Waals surface area contributed by atoms with Crippen molar-refractivity contribution in [3.63, 3.8) is 0 Å². The Morgan fingerprint density at radius 3 is 1.86 bits per heavy atom. The molecule has 0 spiro atoms. The molecule has 0 bridgehead atoms. The maximum atomic E-state index is 5.44. The van der Waals surface area contributed by atoms with E-state index in [0.717, 1.165) is 13.1 Å². The standard InChI is InChI=1S/C9H22N2O3/c1-2-14-9(7-12-5-3-10)8-13-6-4-11/h9H,2-8,10-11H2,1H3/p+2. The van der Waals surface area contributed by atoms with Gasteiger partial charge in [0.15, 0.2) is 0 Å². The molecule has 86 valence electrons. The summed E-state index contributed by atoms with van der Waals surface area (Å²) in [5.41, 5.74) is 7.40. The number of rotatable bonds is 10. The molecule has 0 heterocycles. The molecule has 0 amide bonds. The third-order valence-electron chi connectivity index (χ3n) is 1.59. The zero-order valence-electron chi connectivity index (χ0n) is 9.17. The lowest BCUT2D eigenvalue weighted by molar-refractivity contribution is -0.375. The van der Waals surface area contributed by atoms with Crippen molar-refractivity contribution in [1.29, 1.82) is 0 Å². The lowest BCUT2D eigenvalue weighted by atomic mass is 10.4. The highest BCUT2D eigenvalue weighted by Crippen LogP contribution is 1.94. The van der Waals surface area contributed by atoms with Gasteiger partial charge in [-0.3, -0.25) is 0 Å². The summed E-state index contributed by atoms with van der Waals surface area (Å²) in [6.07, 6.45) is 0.0399. The van der Waals surface area contributed by atoms with Gasteiger partial charge < -0.3 is 25.7 Å². The molecule has 5 nitrogen and oxygen atoms in total. The van der Waals surface area contributed by atoms with Crippen molar-refractivity contribution in [2.24, 2.45) is 0 Å². The van der Waals surface area contributed by atoms with Gasteiger partial charge in [-0.1, -0.05) is 0 Å². The Labute approximate surface area is 85.7 Å². The molecule has 0 unspecified atom stereocenters. The Balaban J connectivity index is 3.44. The van der Waals surface area contributed by atoms with Gasteiger partial charge in [0, 0.05) is 6.61 Å². The van der Waals surface area contributed by atoms with Crippen molar-refractivity contribution in [3.8, 4) is 0 Å². The van der Waals surface area contributed by atoms with E-state index >= 15 is 0 Å². The van der Waals surface area contributed by atoms with Gasteiger partial charge in [0.2, 0.25) is 0 Å². The molecule has 0 radical (unpaired) electrons. The molecule has 0 fully saturated rings. The topological polar surface area (TPSA) is 83.0 Å². The van der Waals surface area contributed by atoms with Crippen LogP contribution in [0.25, 0.3) is 0 Å². The normalized spacial score (nSPS) is 11.1. The Morgan fingerprint density at radius 2 is 1.50 bits per heavy atom. The van der Waals surface area contributed by atoms with E-state index in [1.165, 1.54) is 0 Å². The summed E-state index contributed by atoms with van der Waals surface area (Å²) in [6, 6.07) is 0. The first-order valence-corrected chi connectivity index (χ1v) is 5.20. The number of hydrogen-bond acceptors (Lipinski definition) is 3. The predicted molar refractivity (Wildman–Crippen MR) is 52.6 cm³/mol. The Kier molecular flexibility index (Phi) is 10.7. The fraction of sp³-hybridized carbons (Fsp3) is 1.00. The molecule has 6 N–H and O–H groups in total. The van der Waals surface area contributed by atoms with E-state index in [4.69, 9.17) is 14.2 Å². The van der Waals surface area contributed by atoms with Gasteiger partial charge >= 0.3 is 0 Å². The predicted octanol–water partition coefficient (Wildman–Crippen LogP) is -2.09. The van der Waals surface area contributed by atoms with E-state index in [1.807, 2.05) is 6.92 Å². The zero-order chi connectivity index (χ0) is 10.6. The van der Waals surface area contributed by atoms with Gasteiger partial charge in [-0.15, -0.1) is 0 Å². The Hall–Kier alpha value is -0.200. The van der Waals surface area contributed by atoms with Crippen molar-refractivity contribution >= 4 is 0 Å². The summed E-state index contributed by atoms with van der Waals surface area (Å²) >= 11 is 0. The molecule has 14 heavy (non-hydrogen) atoms. The second-order valence-electron chi connectivity index (χ2n) is 2.93. The van der Waals surface area contributed by atoms with E-state index in [9.17, 15) is 0 Å². The van der Waals surface area contributed by atoms with Crippen LogP contribution in [0.3, 0.4) is 0 Å². The second kappa shape index (κ2) is 10.9. The van der Waals surface area contributed by atoms with Crippen molar-refractivity contribution < 1.29 is 25.7 Å². The number of ether oxygens (including phenoxy) is 3. The van der Waals surface area contributed by atoms with Gasteiger partial charge in [-0.2, -0.15) is 0 Å². The monoisotopic (exact) mass is 208 g/mol. The molecule has 5 heteroatoms. The summed E-state index contributed by atoms with van der Waals surface area (Å²) in [5, 5.41) is 0. The fourth-order valence-electron chi connectivity index (χ4n) is 1.01. The number of hydrogen-bond donors (Lipinski definition) is 2. The SMILES string of the molecule is CCOC(COCC[NH3+])COCC[NH3+]. The summed E-state index contributed by atoms with van der Waals surface area (Å²) in [4.78, 5) is 0. The van der Waals surface area contributed by atoms with E-state index in [-0.39, 0.29) is 6.10 Å². The minimum atomic E-state index is 0.0399. The van der Waals surface area contributed by atoms with E-state index in [1.54, 1.807) is 0 Å². The van der Waals surface area contributed by atoms with E-state index < -0.39 is 0 Å². The first kappa shape index (κ1) is 13.8. The van der Waals surface area contributed by atoms with Gasteiger partial charge in [0.1, 0.15) is 6.10 Å². The average Bonchev–Trinajstić information content (AvgIpc) is 2.18. The molecule has 0 aliphatic carbocycles. The summed E-state index contributed by atoms with van der Waals surface area (Å²) in [7, 11) is 0. The van der Waals surface area contributed by atoms with Crippen LogP contribution in [-0.4, -0.2) is 52.2 Å². The molecule has 0 atom stereocenters. The molecule has 0 rings (SSSR count). The van der Waals surface area contributed by atoms with Gasteiger partial charge in [0.05, 0.1) is 39.5 Å². The third kappa shape index (κ3) is 8.40. The van der Waals surface area contributed by atoms with Crippen molar-refractivity contribution in [2.45, 2.75) is 13.0 Å². The highest BCUT2D eigenvalue weighted by atomic mass is 16.6. The van der Waals surface area contributed by atoms with Gasteiger partial charge in [-0.05, 0) is 6.92 Å². The lowest BCUT2D eigenvalue weighted by Gasteiger charge is -2.16. The van der Waals surface area contributed by atoms with E-state index in [2.05, 4.69) is 11.5 Å². The molecule has 0 aromatic rings. The minimum absolute atomic E-state index is 0.0399. The maximum absolute atomic E-state index is 5.44. The smallest absolute Gasteiger partial charge is 0.104 e. The molecular weight excluding hydrogens is 184 g/mol. The molecule has 0 aromatic carbocycles. The van der Waals surface area contributed by atoms with Crippen LogP contribution >= 0.6 is 0 Å². The van der Waals surface area contributed by atoms with Crippen LogP contribution in [0.4, 0.5) is 0 Å². The molecule has 0 aliphatic heterocycles. The fourth-order valence-corrected chi connectivity index (χ4v) is 1.01. The third-order valence-corrected chi connectivity index (χ3v) is 1.59. The molecule has 0 aromatic heterocycles. The lowest BCUT2D eigenvalue weighted by Crippen LogP contribution is -2.52. The van der Waals surface area contributed by atoms with Crippen molar-refractivity contribution in [3.05, 3.63) is 0 Å². The van der Waals surface area contributed by atoms with Crippen LogP contribution in [0.15, 0.2) is 0 Å². The quantitative estimate of drug-likeness (QED) is 0.404. The second-order valence-corrected chi connectivity index (χ2v) is 2.93. The molecule has 0 saturated heterocycles. The first-order valence-electron chi connectivity index (χ1n) is 5.20. The average molecular weight is 208 g/mol. The summed E-state index contributed by atoms with van der Waals surface area (Å²) < 4.78 is 16.1. The largest absolute Gasteiger partial charge is 0.374 e. The van der Waals surface area contributed by atoms with Gasteiger partial charge in [0.25, 0.3) is 0 Å². The van der Waals surface area contributed by atoms with Crippen molar-refractivity contribution in [2.75, 3.05) is 46.1 Å². The Bertz CT molecular complexity index is 104.